The van der Waals surface area contributed by atoms with Gasteiger partial charge in [0.05, 0.1) is 0 Å². The molecule has 20 heavy (non-hydrogen) atoms. The number of rotatable bonds is 2. The van der Waals surface area contributed by atoms with E-state index in [0.717, 1.165) is 12.1 Å². The molecule has 1 aromatic carbocycles. The predicted octanol–water partition coefficient (Wildman–Crippen LogP) is 2.66. The Labute approximate surface area is 112 Å². The fraction of sp³-hybridized carbons (Fsp3) is 0. The lowest BCUT2D eigenvalue weighted by atomic mass is 10.2. The van der Waals surface area contributed by atoms with E-state index in [1.807, 2.05) is 0 Å². The molecule has 0 spiro atoms. The highest BCUT2D eigenvalue weighted by Crippen LogP contribution is 2.22. The van der Waals surface area contributed by atoms with E-state index < -0.39 is 11.6 Å². The Bertz CT molecular complexity index is 773. The van der Waals surface area contributed by atoms with Crippen LogP contribution in [0.1, 0.15) is 0 Å². The van der Waals surface area contributed by atoms with Crippen molar-refractivity contribution in [2.45, 2.75) is 0 Å². The third-order valence-corrected chi connectivity index (χ3v) is 2.59. The summed E-state index contributed by atoms with van der Waals surface area (Å²) in [7, 11) is 0. The van der Waals surface area contributed by atoms with Crippen LogP contribution in [0, 0.1) is 11.6 Å². The lowest BCUT2D eigenvalue weighted by molar-refractivity contribution is 0.431. The molecule has 0 saturated carbocycles. The zero-order chi connectivity index (χ0) is 14.1. The third-order valence-electron chi connectivity index (χ3n) is 2.59. The van der Waals surface area contributed by atoms with Gasteiger partial charge in [0.15, 0.2) is 11.6 Å². The van der Waals surface area contributed by atoms with Crippen molar-refractivity contribution in [2.75, 3.05) is 5.73 Å². The minimum Gasteiger partial charge on any atom is -0.384 e. The second-order valence-electron chi connectivity index (χ2n) is 4.00. The van der Waals surface area contributed by atoms with Crippen molar-refractivity contribution in [3.8, 4) is 23.0 Å². The topological polar surface area (TPSA) is 77.8 Å². The van der Waals surface area contributed by atoms with Gasteiger partial charge >= 0.3 is 0 Å². The molecular formula is C13H8F2N4O. The van der Waals surface area contributed by atoms with Gasteiger partial charge < -0.3 is 10.3 Å². The number of anilines is 1. The van der Waals surface area contributed by atoms with Gasteiger partial charge in [-0.2, -0.15) is 4.98 Å². The molecule has 0 amide bonds. The summed E-state index contributed by atoms with van der Waals surface area (Å²) in [6, 6.07) is 8.32. The Morgan fingerprint density at radius 1 is 1.00 bits per heavy atom. The lowest BCUT2D eigenvalue weighted by Crippen LogP contribution is -1.91. The van der Waals surface area contributed by atoms with Crippen LogP contribution in [0.4, 0.5) is 14.6 Å². The smallest absolute Gasteiger partial charge is 0.276 e. The van der Waals surface area contributed by atoms with Crippen molar-refractivity contribution in [3.05, 3.63) is 48.0 Å². The molecule has 0 atom stereocenters. The SMILES string of the molecule is Nc1cccc(-c2nc(-c3ccc(F)c(F)c3)no2)n1. The Kier molecular flexibility index (Phi) is 2.86. The number of aromatic nitrogens is 3. The molecule has 2 N–H and O–H groups in total. The molecule has 0 saturated heterocycles. The molecule has 0 aliphatic carbocycles. The Morgan fingerprint density at radius 2 is 1.85 bits per heavy atom. The largest absolute Gasteiger partial charge is 0.384 e. The zero-order valence-corrected chi connectivity index (χ0v) is 10.0. The highest BCUT2D eigenvalue weighted by atomic mass is 19.2. The molecular weight excluding hydrogens is 266 g/mol. The average Bonchev–Trinajstić information content (AvgIpc) is 2.92. The van der Waals surface area contributed by atoms with Crippen LogP contribution in [0.3, 0.4) is 0 Å². The monoisotopic (exact) mass is 274 g/mol. The normalized spacial score (nSPS) is 10.7. The third kappa shape index (κ3) is 2.20. The van der Waals surface area contributed by atoms with E-state index in [-0.39, 0.29) is 11.7 Å². The number of nitrogens with two attached hydrogens (primary N) is 1. The fourth-order valence-corrected chi connectivity index (χ4v) is 1.65. The Hall–Kier alpha value is -2.83. The summed E-state index contributed by atoms with van der Waals surface area (Å²) in [6.07, 6.45) is 0. The molecule has 3 rings (SSSR count). The van der Waals surface area contributed by atoms with E-state index in [0.29, 0.717) is 17.1 Å². The zero-order valence-electron chi connectivity index (χ0n) is 10.0. The van der Waals surface area contributed by atoms with Crippen LogP contribution >= 0.6 is 0 Å². The molecule has 0 aliphatic rings. The maximum Gasteiger partial charge on any atom is 0.276 e. The minimum absolute atomic E-state index is 0.142. The molecule has 0 radical (unpaired) electrons. The van der Waals surface area contributed by atoms with Crippen LogP contribution in [-0.2, 0) is 0 Å². The maximum absolute atomic E-state index is 13.2. The average molecular weight is 274 g/mol. The highest BCUT2D eigenvalue weighted by Gasteiger charge is 2.13. The van der Waals surface area contributed by atoms with Gasteiger partial charge in [-0.1, -0.05) is 11.2 Å². The van der Waals surface area contributed by atoms with Crippen molar-refractivity contribution >= 4 is 5.82 Å². The van der Waals surface area contributed by atoms with Gasteiger partial charge in [0.25, 0.3) is 5.89 Å². The quantitative estimate of drug-likeness (QED) is 0.777. The number of halogens is 2. The molecule has 0 aliphatic heterocycles. The van der Waals surface area contributed by atoms with E-state index >= 15 is 0 Å². The molecule has 0 unspecified atom stereocenters. The molecule has 3 aromatic rings. The van der Waals surface area contributed by atoms with Crippen LogP contribution in [0.25, 0.3) is 23.0 Å². The van der Waals surface area contributed by atoms with E-state index in [1.54, 1.807) is 18.2 Å². The number of nitrogens with zero attached hydrogens (tertiary/aromatic N) is 3. The van der Waals surface area contributed by atoms with E-state index in [2.05, 4.69) is 15.1 Å². The number of benzene rings is 1. The summed E-state index contributed by atoms with van der Waals surface area (Å²) < 4.78 is 31.1. The standard InChI is InChI=1S/C13H8F2N4O/c14-8-5-4-7(6-9(8)15)12-18-13(20-19-12)10-2-1-3-11(16)17-10/h1-6H,(H2,16,17). The first kappa shape index (κ1) is 12.2. The van der Waals surface area contributed by atoms with Crippen molar-refractivity contribution in [1.82, 2.24) is 15.1 Å². The summed E-state index contributed by atoms with van der Waals surface area (Å²) >= 11 is 0. The first-order chi connectivity index (χ1) is 9.63. The highest BCUT2D eigenvalue weighted by molar-refractivity contribution is 5.58. The predicted molar refractivity (Wildman–Crippen MR) is 67.3 cm³/mol. The van der Waals surface area contributed by atoms with Gasteiger partial charge in [-0.3, -0.25) is 0 Å². The second kappa shape index (κ2) is 4.69. The molecule has 2 aromatic heterocycles. The first-order valence-electron chi connectivity index (χ1n) is 5.65. The van der Waals surface area contributed by atoms with Gasteiger partial charge in [0, 0.05) is 5.56 Å². The van der Waals surface area contributed by atoms with Gasteiger partial charge in [-0.05, 0) is 30.3 Å². The van der Waals surface area contributed by atoms with Crippen molar-refractivity contribution in [2.24, 2.45) is 0 Å². The molecule has 2 heterocycles. The van der Waals surface area contributed by atoms with Crippen LogP contribution in [0.2, 0.25) is 0 Å². The summed E-state index contributed by atoms with van der Waals surface area (Å²) in [5.41, 5.74) is 6.27. The molecule has 7 heteroatoms. The summed E-state index contributed by atoms with van der Waals surface area (Å²) in [4.78, 5) is 8.11. The first-order valence-corrected chi connectivity index (χ1v) is 5.65. The van der Waals surface area contributed by atoms with Crippen LogP contribution in [0.5, 0.6) is 0 Å². The van der Waals surface area contributed by atoms with Gasteiger partial charge in [0.2, 0.25) is 5.82 Å². The Balaban J connectivity index is 1.99. The van der Waals surface area contributed by atoms with Gasteiger partial charge in [0.1, 0.15) is 11.5 Å². The van der Waals surface area contributed by atoms with Crippen LogP contribution < -0.4 is 5.73 Å². The number of hydrogen-bond donors (Lipinski definition) is 1. The lowest BCUT2D eigenvalue weighted by Gasteiger charge is -1.96. The Morgan fingerprint density at radius 3 is 2.60 bits per heavy atom. The summed E-state index contributed by atoms with van der Waals surface area (Å²) in [5.74, 6) is -1.30. The molecule has 0 fully saturated rings. The number of nitrogen functional groups attached to an aromatic ring is 1. The summed E-state index contributed by atoms with van der Waals surface area (Å²) in [5, 5.41) is 3.71. The number of hydrogen-bond acceptors (Lipinski definition) is 5. The number of pyridine rings is 1. The van der Waals surface area contributed by atoms with Gasteiger partial charge in [-0.15, -0.1) is 0 Å². The summed E-state index contributed by atoms with van der Waals surface area (Å²) in [6.45, 7) is 0. The van der Waals surface area contributed by atoms with Crippen LogP contribution in [0.15, 0.2) is 40.9 Å². The van der Waals surface area contributed by atoms with Crippen molar-refractivity contribution in [1.29, 1.82) is 0 Å². The van der Waals surface area contributed by atoms with Crippen molar-refractivity contribution in [3.63, 3.8) is 0 Å². The van der Waals surface area contributed by atoms with E-state index in [1.165, 1.54) is 6.07 Å². The van der Waals surface area contributed by atoms with E-state index in [9.17, 15) is 8.78 Å². The molecule has 0 bridgehead atoms. The molecule has 100 valence electrons. The van der Waals surface area contributed by atoms with Gasteiger partial charge in [-0.25, -0.2) is 13.8 Å². The fourth-order valence-electron chi connectivity index (χ4n) is 1.65. The molecule has 5 nitrogen and oxygen atoms in total. The van der Waals surface area contributed by atoms with Crippen LogP contribution in [-0.4, -0.2) is 15.1 Å². The van der Waals surface area contributed by atoms with E-state index in [4.69, 9.17) is 10.3 Å². The second-order valence-corrected chi connectivity index (χ2v) is 4.00. The van der Waals surface area contributed by atoms with Crippen molar-refractivity contribution < 1.29 is 13.3 Å². The minimum atomic E-state index is -0.976. The maximum atomic E-state index is 13.2.